The van der Waals surface area contributed by atoms with E-state index in [4.69, 9.17) is 23.1 Å². The van der Waals surface area contributed by atoms with E-state index in [1.165, 1.54) is 36.4 Å². The monoisotopic (exact) mass is 662 g/mol. The van der Waals surface area contributed by atoms with Crippen LogP contribution in [0.5, 0.6) is 0 Å². The summed E-state index contributed by atoms with van der Waals surface area (Å²) in [6, 6.07) is 22.7. The first-order chi connectivity index (χ1) is 22.5. The number of carbonyl (C=O) groups excluding carboxylic acids is 2. The number of nitro benzene ring substituents is 2. The van der Waals surface area contributed by atoms with Gasteiger partial charge in [-0.3, -0.25) is 29.8 Å². The van der Waals surface area contributed by atoms with Crippen LogP contribution < -0.4 is 22.1 Å². The molecule has 0 saturated carbocycles. The molecule has 17 heteroatoms. The fourth-order valence-electron chi connectivity index (χ4n) is 4.07. The number of hydrogen-bond acceptors (Lipinski definition) is 12. The average Bonchev–Trinajstić information content (AvgIpc) is 3.08. The minimum atomic E-state index is -0.598. The largest absolute Gasteiger partial charge is 0.410 e. The number of nitro groups is 2. The fourth-order valence-corrected chi connectivity index (χ4v) is 4.30. The summed E-state index contributed by atoms with van der Waals surface area (Å²) in [5, 5.41) is 52.6. The molecule has 8 N–H and O–H groups in total. The zero-order valence-electron chi connectivity index (χ0n) is 24.2. The molecule has 0 fully saturated rings. The van der Waals surface area contributed by atoms with E-state index in [9.17, 15) is 40.2 Å². The van der Waals surface area contributed by atoms with E-state index in [0.29, 0.717) is 11.1 Å². The van der Waals surface area contributed by atoms with Crippen LogP contribution in [-0.2, 0) is 9.59 Å². The number of nitrogens with zero attached hydrogens (tertiary/aromatic N) is 4. The zero-order chi connectivity index (χ0) is 34.5. The number of non-ortho nitro benzene ring substituents is 2. The average molecular weight is 663 g/mol. The summed E-state index contributed by atoms with van der Waals surface area (Å²) >= 11 is 6.10. The molecular formula is C30H27ClN8O8. The van der Waals surface area contributed by atoms with Crippen LogP contribution in [0.4, 0.5) is 22.7 Å². The third kappa shape index (κ3) is 9.14. The van der Waals surface area contributed by atoms with Gasteiger partial charge in [0.1, 0.15) is 11.4 Å². The molecule has 0 atom stereocenters. The predicted molar refractivity (Wildman–Crippen MR) is 174 cm³/mol. The van der Waals surface area contributed by atoms with Crippen molar-refractivity contribution in [3.63, 3.8) is 0 Å². The van der Waals surface area contributed by atoms with Gasteiger partial charge in [-0.05, 0) is 18.2 Å². The van der Waals surface area contributed by atoms with Gasteiger partial charge in [-0.1, -0.05) is 70.4 Å². The molecule has 0 bridgehead atoms. The van der Waals surface area contributed by atoms with E-state index in [2.05, 4.69) is 20.9 Å². The van der Waals surface area contributed by atoms with Crippen molar-refractivity contribution in [1.29, 1.82) is 0 Å². The van der Waals surface area contributed by atoms with E-state index in [-0.39, 0.29) is 63.4 Å². The summed E-state index contributed by atoms with van der Waals surface area (Å²) in [6.45, 7) is -0.512. The molecule has 2 amide bonds. The molecule has 242 valence electrons. The second-order valence-corrected chi connectivity index (χ2v) is 9.63. The van der Waals surface area contributed by atoms with Crippen LogP contribution in [0, 0.1) is 20.2 Å². The smallest absolute Gasteiger partial charge is 0.270 e. The van der Waals surface area contributed by atoms with E-state index in [1.54, 1.807) is 54.6 Å². The van der Waals surface area contributed by atoms with Crippen molar-refractivity contribution in [2.24, 2.45) is 21.8 Å². The van der Waals surface area contributed by atoms with Crippen LogP contribution in [0.1, 0.15) is 22.3 Å². The highest BCUT2D eigenvalue weighted by atomic mass is 35.5. The summed E-state index contributed by atoms with van der Waals surface area (Å²) < 4.78 is 0. The van der Waals surface area contributed by atoms with Gasteiger partial charge in [0.05, 0.1) is 39.3 Å². The Morgan fingerprint density at radius 1 is 0.681 bits per heavy atom. The molecule has 0 aliphatic carbocycles. The maximum Gasteiger partial charge on any atom is 0.270 e. The number of benzene rings is 4. The third-order valence-electron chi connectivity index (χ3n) is 6.23. The molecule has 4 aromatic rings. The van der Waals surface area contributed by atoms with Crippen molar-refractivity contribution in [3.05, 3.63) is 139 Å². The minimum Gasteiger partial charge on any atom is -0.410 e. The Kier molecular flexibility index (Phi) is 12.6. The highest BCUT2D eigenvalue weighted by Crippen LogP contribution is 2.28. The van der Waals surface area contributed by atoms with Gasteiger partial charge in [0.25, 0.3) is 11.4 Å². The SMILES string of the molecule is NCC(=O)Nc1ccc([N+](=O)[O-])cc1C(=NO)c1ccccc1.NCC(=O)Nc1ccc([N+](=O)[O-])cc1C(=NO)c1ccccc1Cl. The molecule has 0 spiro atoms. The van der Waals surface area contributed by atoms with E-state index in [1.807, 2.05) is 0 Å². The first-order valence-electron chi connectivity index (χ1n) is 13.4. The van der Waals surface area contributed by atoms with Crippen LogP contribution in [0.2, 0.25) is 5.02 Å². The number of amides is 2. The van der Waals surface area contributed by atoms with Gasteiger partial charge in [-0.25, -0.2) is 0 Å². The van der Waals surface area contributed by atoms with Crippen molar-refractivity contribution in [1.82, 2.24) is 0 Å². The second kappa shape index (κ2) is 16.7. The number of anilines is 2. The summed E-state index contributed by atoms with van der Waals surface area (Å²) in [7, 11) is 0. The molecule has 4 aromatic carbocycles. The van der Waals surface area contributed by atoms with Crippen LogP contribution >= 0.6 is 11.6 Å². The van der Waals surface area contributed by atoms with Gasteiger partial charge in [0.2, 0.25) is 11.8 Å². The van der Waals surface area contributed by atoms with Gasteiger partial charge >= 0.3 is 0 Å². The highest BCUT2D eigenvalue weighted by molar-refractivity contribution is 6.36. The number of oxime groups is 2. The molecule has 0 aromatic heterocycles. The lowest BCUT2D eigenvalue weighted by Crippen LogP contribution is -2.23. The highest BCUT2D eigenvalue weighted by Gasteiger charge is 2.21. The van der Waals surface area contributed by atoms with Gasteiger partial charge < -0.3 is 32.5 Å². The lowest BCUT2D eigenvalue weighted by atomic mass is 10.00. The standard InChI is InChI=1S/C15H13ClN4O4.C15H14N4O4/c16-12-4-2-1-3-10(12)15(19-22)11-7-9(20(23)24)5-6-13(11)18-14(21)8-17;16-9-14(20)17-13-7-6-11(19(22)23)8-12(13)15(18-21)10-4-2-1-3-5-10/h1-7,22H,8,17H2,(H,18,21);1-8,21H,9,16H2,(H,17,20). The van der Waals surface area contributed by atoms with Gasteiger partial charge in [0.15, 0.2) is 0 Å². The molecule has 4 rings (SSSR count). The third-order valence-corrected chi connectivity index (χ3v) is 6.56. The first kappa shape index (κ1) is 35.3. The van der Waals surface area contributed by atoms with Crippen molar-refractivity contribution >= 4 is 57.6 Å². The molecule has 0 radical (unpaired) electrons. The second-order valence-electron chi connectivity index (χ2n) is 9.22. The molecule has 0 saturated heterocycles. The zero-order valence-corrected chi connectivity index (χ0v) is 25.0. The number of nitrogens with two attached hydrogens (primary N) is 2. The summed E-state index contributed by atoms with van der Waals surface area (Å²) in [4.78, 5) is 43.9. The predicted octanol–water partition coefficient (Wildman–Crippen LogP) is 4.09. The quantitative estimate of drug-likeness (QED) is 0.0613. The Morgan fingerprint density at radius 2 is 1.13 bits per heavy atom. The molecular weight excluding hydrogens is 636 g/mol. The number of hydrogen-bond donors (Lipinski definition) is 6. The Labute approximate surface area is 271 Å². The Morgan fingerprint density at radius 3 is 1.55 bits per heavy atom. The molecule has 47 heavy (non-hydrogen) atoms. The van der Waals surface area contributed by atoms with Crippen LogP contribution in [0.15, 0.2) is 101 Å². The fraction of sp³-hybridized carbons (Fsp3) is 0.0667. The van der Waals surface area contributed by atoms with E-state index >= 15 is 0 Å². The van der Waals surface area contributed by atoms with Crippen LogP contribution in [0.25, 0.3) is 0 Å². The molecule has 0 aliphatic rings. The topological polar surface area (TPSA) is 262 Å². The molecule has 0 unspecified atom stereocenters. The maximum absolute atomic E-state index is 11.6. The van der Waals surface area contributed by atoms with Crippen LogP contribution in [-0.4, -0.2) is 56.6 Å². The van der Waals surface area contributed by atoms with Gasteiger partial charge in [-0.15, -0.1) is 0 Å². The number of halogens is 1. The van der Waals surface area contributed by atoms with Crippen LogP contribution in [0.3, 0.4) is 0 Å². The Balaban J connectivity index is 0.000000256. The number of carbonyl (C=O) groups is 2. The lowest BCUT2D eigenvalue weighted by Gasteiger charge is -2.13. The summed E-state index contributed by atoms with van der Waals surface area (Å²) in [6.07, 6.45) is 0. The normalized spacial score (nSPS) is 11.1. The van der Waals surface area contributed by atoms with Crippen molar-refractivity contribution in [2.45, 2.75) is 0 Å². The first-order valence-corrected chi connectivity index (χ1v) is 13.7. The van der Waals surface area contributed by atoms with Crippen molar-refractivity contribution in [2.75, 3.05) is 23.7 Å². The number of nitrogens with one attached hydrogen (secondary N) is 2. The summed E-state index contributed by atoms with van der Waals surface area (Å²) in [5.41, 5.74) is 11.9. The van der Waals surface area contributed by atoms with Gasteiger partial charge in [0, 0.05) is 46.5 Å². The number of rotatable bonds is 10. The van der Waals surface area contributed by atoms with Gasteiger partial charge in [-0.2, -0.15) is 0 Å². The molecule has 0 heterocycles. The van der Waals surface area contributed by atoms with Crippen molar-refractivity contribution in [3.8, 4) is 0 Å². The van der Waals surface area contributed by atoms with E-state index in [0.717, 1.165) is 0 Å². The molecule has 0 aliphatic heterocycles. The molecule has 16 nitrogen and oxygen atoms in total. The maximum atomic E-state index is 11.6. The summed E-state index contributed by atoms with van der Waals surface area (Å²) in [5.74, 6) is -0.966. The Hall–Kier alpha value is -6.23. The minimum absolute atomic E-state index is 0.0170. The lowest BCUT2D eigenvalue weighted by molar-refractivity contribution is -0.385. The Bertz CT molecular complexity index is 1850. The van der Waals surface area contributed by atoms with Crippen molar-refractivity contribution < 1.29 is 29.9 Å². The van der Waals surface area contributed by atoms with E-state index < -0.39 is 21.7 Å².